The van der Waals surface area contributed by atoms with Crippen molar-refractivity contribution >= 4 is 0 Å². The first-order chi connectivity index (χ1) is 12.5. The Morgan fingerprint density at radius 1 is 1.19 bits per heavy atom. The molecule has 136 valence electrons. The standard InChI is InChI=1S/C20H21F2N3O/c1-12-6-17(26-13(12)2)10-23-19-4-3-5-20-18(19)11-24-25(20)16-8-14(21)7-15(22)9-16/h6-9,11,19,23H,3-5,10H2,1-2H3. The molecule has 1 aromatic carbocycles. The van der Waals surface area contributed by atoms with Gasteiger partial charge in [0.25, 0.3) is 0 Å². The van der Waals surface area contributed by atoms with Crippen LogP contribution in [0.25, 0.3) is 5.69 Å². The molecule has 0 fully saturated rings. The SMILES string of the molecule is Cc1cc(CNC2CCCc3c2cnn3-c2cc(F)cc(F)c2)oc1C. The van der Waals surface area contributed by atoms with Crippen molar-refractivity contribution in [3.63, 3.8) is 0 Å². The second-order valence-electron chi connectivity index (χ2n) is 6.86. The maximum atomic E-state index is 13.6. The van der Waals surface area contributed by atoms with Crippen LogP contribution in [0.2, 0.25) is 0 Å². The third-order valence-corrected chi connectivity index (χ3v) is 5.01. The molecule has 1 aliphatic carbocycles. The number of hydrogen-bond acceptors (Lipinski definition) is 3. The van der Waals surface area contributed by atoms with Gasteiger partial charge in [0.1, 0.15) is 23.2 Å². The van der Waals surface area contributed by atoms with Gasteiger partial charge in [-0.2, -0.15) is 5.10 Å². The lowest BCUT2D eigenvalue weighted by Gasteiger charge is -2.24. The van der Waals surface area contributed by atoms with E-state index in [1.54, 1.807) is 10.9 Å². The van der Waals surface area contributed by atoms with Crippen LogP contribution in [0.1, 0.15) is 47.2 Å². The summed E-state index contributed by atoms with van der Waals surface area (Å²) in [6.45, 7) is 4.63. The molecule has 1 aliphatic rings. The highest BCUT2D eigenvalue weighted by atomic mass is 19.1. The van der Waals surface area contributed by atoms with Crippen molar-refractivity contribution in [2.24, 2.45) is 0 Å². The Morgan fingerprint density at radius 2 is 1.96 bits per heavy atom. The summed E-state index contributed by atoms with van der Waals surface area (Å²) < 4.78 is 34.5. The number of hydrogen-bond donors (Lipinski definition) is 1. The van der Waals surface area contributed by atoms with Gasteiger partial charge in [0.05, 0.1) is 18.4 Å². The molecule has 0 bridgehead atoms. The topological polar surface area (TPSA) is 43.0 Å². The van der Waals surface area contributed by atoms with E-state index < -0.39 is 11.6 Å². The van der Waals surface area contributed by atoms with Gasteiger partial charge in [-0.15, -0.1) is 0 Å². The van der Waals surface area contributed by atoms with Crippen molar-refractivity contribution in [1.29, 1.82) is 0 Å². The number of benzene rings is 1. The van der Waals surface area contributed by atoms with Crippen LogP contribution >= 0.6 is 0 Å². The minimum atomic E-state index is -0.599. The summed E-state index contributed by atoms with van der Waals surface area (Å²) in [6.07, 6.45) is 4.62. The molecular weight excluding hydrogens is 336 g/mol. The Labute approximate surface area is 150 Å². The Bertz CT molecular complexity index is 905. The molecule has 0 radical (unpaired) electrons. The average Bonchev–Trinajstić information content (AvgIpc) is 3.16. The first kappa shape index (κ1) is 17.0. The van der Waals surface area contributed by atoms with E-state index in [9.17, 15) is 8.78 Å². The lowest BCUT2D eigenvalue weighted by atomic mass is 9.93. The molecule has 3 aromatic rings. The van der Waals surface area contributed by atoms with Gasteiger partial charge in [-0.3, -0.25) is 0 Å². The van der Waals surface area contributed by atoms with Gasteiger partial charge in [0.2, 0.25) is 0 Å². The molecule has 4 nitrogen and oxygen atoms in total. The van der Waals surface area contributed by atoms with E-state index in [0.29, 0.717) is 12.2 Å². The van der Waals surface area contributed by atoms with Crippen LogP contribution in [0.5, 0.6) is 0 Å². The first-order valence-corrected chi connectivity index (χ1v) is 8.84. The fraction of sp³-hybridized carbons (Fsp3) is 0.350. The first-order valence-electron chi connectivity index (χ1n) is 8.84. The Hall–Kier alpha value is -2.47. The number of nitrogens with zero attached hydrogens (tertiary/aromatic N) is 2. The number of nitrogens with one attached hydrogen (secondary N) is 1. The van der Waals surface area contributed by atoms with Gasteiger partial charge in [0.15, 0.2) is 0 Å². The molecule has 1 atom stereocenters. The Morgan fingerprint density at radius 3 is 2.65 bits per heavy atom. The maximum Gasteiger partial charge on any atom is 0.128 e. The number of furan rings is 1. The highest BCUT2D eigenvalue weighted by Gasteiger charge is 2.25. The monoisotopic (exact) mass is 357 g/mol. The van der Waals surface area contributed by atoms with Crippen LogP contribution in [0.15, 0.2) is 34.9 Å². The van der Waals surface area contributed by atoms with E-state index in [4.69, 9.17) is 4.42 Å². The molecule has 0 spiro atoms. The molecule has 1 unspecified atom stereocenters. The minimum absolute atomic E-state index is 0.150. The third kappa shape index (κ3) is 3.17. The number of aryl methyl sites for hydroxylation is 2. The third-order valence-electron chi connectivity index (χ3n) is 5.01. The van der Waals surface area contributed by atoms with E-state index in [-0.39, 0.29) is 6.04 Å². The van der Waals surface area contributed by atoms with Gasteiger partial charge in [-0.05, 0) is 56.9 Å². The quantitative estimate of drug-likeness (QED) is 0.746. The summed E-state index contributed by atoms with van der Waals surface area (Å²) in [7, 11) is 0. The fourth-order valence-corrected chi connectivity index (χ4v) is 3.61. The highest BCUT2D eigenvalue weighted by Crippen LogP contribution is 2.31. The predicted molar refractivity (Wildman–Crippen MR) is 94.2 cm³/mol. The van der Waals surface area contributed by atoms with E-state index in [1.165, 1.54) is 12.1 Å². The van der Waals surface area contributed by atoms with E-state index in [2.05, 4.69) is 10.4 Å². The van der Waals surface area contributed by atoms with Crippen molar-refractivity contribution in [2.45, 2.75) is 45.7 Å². The van der Waals surface area contributed by atoms with Gasteiger partial charge < -0.3 is 9.73 Å². The van der Waals surface area contributed by atoms with Crippen LogP contribution in [-0.4, -0.2) is 9.78 Å². The molecule has 0 saturated carbocycles. The average molecular weight is 357 g/mol. The summed E-state index contributed by atoms with van der Waals surface area (Å²) in [6, 6.07) is 5.68. The molecule has 1 N–H and O–H groups in total. The number of rotatable bonds is 4. The van der Waals surface area contributed by atoms with Gasteiger partial charge in [-0.25, -0.2) is 13.5 Å². The molecular formula is C20H21F2N3O. The minimum Gasteiger partial charge on any atom is -0.465 e. The van der Waals surface area contributed by atoms with E-state index in [1.807, 2.05) is 19.9 Å². The summed E-state index contributed by atoms with van der Waals surface area (Å²) in [5.74, 6) is 0.649. The normalized spacial score (nSPS) is 16.7. The maximum absolute atomic E-state index is 13.6. The highest BCUT2D eigenvalue weighted by molar-refractivity contribution is 5.38. The lowest BCUT2D eigenvalue weighted by molar-refractivity contribution is 0.407. The van der Waals surface area contributed by atoms with Gasteiger partial charge in [-0.1, -0.05) is 0 Å². The van der Waals surface area contributed by atoms with Crippen LogP contribution in [0, 0.1) is 25.5 Å². The molecule has 0 amide bonds. The van der Waals surface area contributed by atoms with Crippen molar-refractivity contribution in [3.8, 4) is 5.69 Å². The molecule has 26 heavy (non-hydrogen) atoms. The van der Waals surface area contributed by atoms with Crippen molar-refractivity contribution in [1.82, 2.24) is 15.1 Å². The molecule has 0 aliphatic heterocycles. The summed E-state index contributed by atoms with van der Waals surface area (Å²) in [5, 5.41) is 7.92. The molecule has 2 heterocycles. The van der Waals surface area contributed by atoms with Gasteiger partial charge >= 0.3 is 0 Å². The predicted octanol–water partition coefficient (Wildman–Crippen LogP) is 4.53. The summed E-state index contributed by atoms with van der Waals surface area (Å²) in [4.78, 5) is 0. The van der Waals surface area contributed by atoms with Crippen LogP contribution < -0.4 is 5.32 Å². The van der Waals surface area contributed by atoms with Crippen molar-refractivity contribution in [3.05, 3.63) is 70.4 Å². The zero-order valence-corrected chi connectivity index (χ0v) is 14.9. The lowest BCUT2D eigenvalue weighted by Crippen LogP contribution is -2.24. The Kier molecular flexibility index (Phi) is 4.36. The van der Waals surface area contributed by atoms with Gasteiger partial charge in [0, 0.05) is 23.4 Å². The van der Waals surface area contributed by atoms with Crippen LogP contribution in [0.3, 0.4) is 0 Å². The smallest absolute Gasteiger partial charge is 0.128 e. The van der Waals surface area contributed by atoms with Crippen LogP contribution in [-0.2, 0) is 13.0 Å². The van der Waals surface area contributed by atoms with Crippen molar-refractivity contribution in [2.75, 3.05) is 0 Å². The largest absolute Gasteiger partial charge is 0.465 e. The van der Waals surface area contributed by atoms with E-state index >= 15 is 0 Å². The van der Waals surface area contributed by atoms with Crippen molar-refractivity contribution < 1.29 is 13.2 Å². The second-order valence-corrected chi connectivity index (χ2v) is 6.86. The molecule has 6 heteroatoms. The van der Waals surface area contributed by atoms with E-state index in [0.717, 1.165) is 53.7 Å². The number of fused-ring (bicyclic) bond motifs is 1. The number of aromatic nitrogens is 2. The fourth-order valence-electron chi connectivity index (χ4n) is 3.61. The molecule has 2 aromatic heterocycles. The molecule has 4 rings (SSSR count). The zero-order chi connectivity index (χ0) is 18.3. The Balaban J connectivity index is 1.58. The number of halogens is 2. The zero-order valence-electron chi connectivity index (χ0n) is 14.9. The van der Waals surface area contributed by atoms with Crippen LogP contribution in [0.4, 0.5) is 8.78 Å². The molecule has 0 saturated heterocycles. The summed E-state index contributed by atoms with van der Waals surface area (Å²) in [5.41, 5.74) is 3.65. The second kappa shape index (κ2) is 6.68. The summed E-state index contributed by atoms with van der Waals surface area (Å²) >= 11 is 0.